The number of carboxylic acids is 1. The van der Waals surface area contributed by atoms with E-state index in [1.807, 2.05) is 0 Å². The summed E-state index contributed by atoms with van der Waals surface area (Å²) in [7, 11) is -2.23. The smallest absolute Gasteiger partial charge is 0.335 e. The molecule has 4 N–H and O–H groups in total. The first-order valence-electron chi connectivity index (χ1n) is 7.35. The Balaban J connectivity index is 1.97. The maximum Gasteiger partial charge on any atom is 0.335 e. The Morgan fingerprint density at radius 1 is 1.12 bits per heavy atom. The zero-order valence-electron chi connectivity index (χ0n) is 13.5. The summed E-state index contributed by atoms with van der Waals surface area (Å²) in [6.45, 7) is 0. The fourth-order valence-corrected chi connectivity index (χ4v) is 3.05. The molecule has 0 saturated heterocycles. The predicted molar refractivity (Wildman–Crippen MR) is 93.8 cm³/mol. The van der Waals surface area contributed by atoms with Gasteiger partial charge in [-0.15, -0.1) is 5.11 Å². The lowest BCUT2D eigenvalue weighted by Gasteiger charge is -2.01. The van der Waals surface area contributed by atoms with Crippen LogP contribution >= 0.6 is 0 Å². The number of azo groups is 1. The number of benzene rings is 2. The van der Waals surface area contributed by atoms with Crippen molar-refractivity contribution < 1.29 is 23.4 Å². The maximum atomic E-state index is 11.7. The minimum Gasteiger partial charge on any atom is -0.493 e. The summed E-state index contributed by atoms with van der Waals surface area (Å²) in [6.07, 6.45) is 0. The predicted octanol–water partition coefficient (Wildman–Crippen LogP) is 2.90. The van der Waals surface area contributed by atoms with Crippen LogP contribution in [0.4, 0.5) is 11.4 Å². The normalized spacial score (nSPS) is 12.0. The van der Waals surface area contributed by atoms with E-state index in [0.717, 1.165) is 0 Å². The molecule has 0 aliphatic rings. The van der Waals surface area contributed by atoms with Crippen molar-refractivity contribution in [3.63, 3.8) is 0 Å². The third-order valence-electron chi connectivity index (χ3n) is 3.68. The van der Waals surface area contributed by atoms with Crippen molar-refractivity contribution in [1.82, 2.24) is 9.71 Å². The minimum atomic E-state index is -3.54. The number of carbonyl (C=O) groups is 1. The second-order valence-electron chi connectivity index (χ2n) is 5.29. The molecule has 0 unspecified atom stereocenters. The molecule has 0 saturated carbocycles. The molecule has 0 spiro atoms. The molecule has 134 valence electrons. The highest BCUT2D eigenvalue weighted by Gasteiger charge is 2.14. The van der Waals surface area contributed by atoms with Crippen LogP contribution in [0.5, 0.6) is 5.88 Å². The molecular weight excluding hydrogens is 360 g/mol. The lowest BCUT2D eigenvalue weighted by molar-refractivity contribution is 0.0697. The number of hydrogen-bond acceptors (Lipinski definition) is 6. The number of nitrogens with one attached hydrogen (secondary N) is 2. The van der Waals surface area contributed by atoms with Crippen LogP contribution in [0.2, 0.25) is 0 Å². The number of aromatic amines is 1. The van der Waals surface area contributed by atoms with Crippen LogP contribution in [0.3, 0.4) is 0 Å². The zero-order valence-corrected chi connectivity index (χ0v) is 14.3. The molecule has 1 heterocycles. The first kappa shape index (κ1) is 17.6. The molecule has 0 bridgehead atoms. The van der Waals surface area contributed by atoms with Crippen LogP contribution < -0.4 is 4.72 Å². The van der Waals surface area contributed by atoms with Crippen molar-refractivity contribution in [3.8, 4) is 5.88 Å². The molecule has 26 heavy (non-hydrogen) atoms. The summed E-state index contributed by atoms with van der Waals surface area (Å²) in [5, 5.41) is 27.4. The Kier molecular flexibility index (Phi) is 4.45. The zero-order chi connectivity index (χ0) is 18.9. The van der Waals surface area contributed by atoms with Gasteiger partial charge in [0.25, 0.3) is 0 Å². The van der Waals surface area contributed by atoms with E-state index in [-0.39, 0.29) is 22.0 Å². The second-order valence-corrected chi connectivity index (χ2v) is 7.18. The van der Waals surface area contributed by atoms with E-state index in [2.05, 4.69) is 19.9 Å². The summed E-state index contributed by atoms with van der Waals surface area (Å²) < 4.78 is 25.6. The Labute approximate surface area is 148 Å². The third kappa shape index (κ3) is 3.27. The van der Waals surface area contributed by atoms with Gasteiger partial charge in [0.1, 0.15) is 0 Å². The maximum absolute atomic E-state index is 11.7. The SMILES string of the molecule is CNS(=O)(=O)c1ccc(N=Nc2c(O)[nH]c3ccc(C(=O)O)cc23)cc1. The molecule has 2 aromatic carbocycles. The number of carboxylic acid groups (broad SMARTS) is 1. The van der Waals surface area contributed by atoms with Gasteiger partial charge in [0, 0.05) is 5.39 Å². The van der Waals surface area contributed by atoms with E-state index in [1.165, 1.54) is 49.5 Å². The number of sulfonamides is 1. The van der Waals surface area contributed by atoms with Gasteiger partial charge in [0.05, 0.1) is 21.7 Å². The standard InChI is InChI=1S/C16H14N4O5S/c1-17-26(24,25)11-5-3-10(4-6-11)19-20-14-12-8-9(16(22)23)2-7-13(12)18-15(14)21/h2-8,17-18,21H,1H3,(H,22,23). The van der Waals surface area contributed by atoms with Crippen molar-refractivity contribution >= 4 is 38.3 Å². The molecule has 10 heteroatoms. The summed E-state index contributed by atoms with van der Waals surface area (Å²) in [5.41, 5.74) is 1.02. The second kappa shape index (κ2) is 6.58. The number of fused-ring (bicyclic) bond motifs is 1. The minimum absolute atomic E-state index is 0.0505. The molecule has 9 nitrogen and oxygen atoms in total. The molecule has 0 aliphatic carbocycles. The topological polar surface area (TPSA) is 144 Å². The molecule has 1 aromatic heterocycles. The number of nitrogens with zero attached hydrogens (tertiary/aromatic N) is 2. The number of aromatic hydroxyl groups is 1. The number of rotatable bonds is 5. The lowest BCUT2D eigenvalue weighted by Crippen LogP contribution is -2.18. The molecule has 0 aliphatic heterocycles. The van der Waals surface area contributed by atoms with Gasteiger partial charge in [-0.2, -0.15) is 5.11 Å². The van der Waals surface area contributed by atoms with Crippen LogP contribution in [-0.4, -0.2) is 36.6 Å². The first-order valence-corrected chi connectivity index (χ1v) is 8.83. The molecule has 0 atom stereocenters. The average molecular weight is 374 g/mol. The Morgan fingerprint density at radius 3 is 2.42 bits per heavy atom. The average Bonchev–Trinajstić information content (AvgIpc) is 2.94. The van der Waals surface area contributed by atoms with Crippen LogP contribution in [0.15, 0.2) is 57.6 Å². The van der Waals surface area contributed by atoms with Gasteiger partial charge < -0.3 is 15.2 Å². The molecule has 0 fully saturated rings. The van der Waals surface area contributed by atoms with E-state index in [0.29, 0.717) is 16.6 Å². The number of aromatic carboxylic acids is 1. The number of aromatic nitrogens is 1. The highest BCUT2D eigenvalue weighted by molar-refractivity contribution is 7.89. The highest BCUT2D eigenvalue weighted by Crippen LogP contribution is 2.36. The fraction of sp³-hybridized carbons (Fsp3) is 0.0625. The van der Waals surface area contributed by atoms with Crippen LogP contribution in [0.1, 0.15) is 10.4 Å². The van der Waals surface area contributed by atoms with E-state index in [1.54, 1.807) is 0 Å². The third-order valence-corrected chi connectivity index (χ3v) is 5.11. The monoisotopic (exact) mass is 374 g/mol. The molecule has 3 aromatic rings. The van der Waals surface area contributed by atoms with E-state index >= 15 is 0 Å². The van der Waals surface area contributed by atoms with Gasteiger partial charge in [-0.1, -0.05) is 0 Å². The van der Waals surface area contributed by atoms with Crippen LogP contribution in [0.25, 0.3) is 10.9 Å². The van der Waals surface area contributed by atoms with Gasteiger partial charge in [-0.25, -0.2) is 17.9 Å². The largest absolute Gasteiger partial charge is 0.493 e. The summed E-state index contributed by atoms with van der Waals surface area (Å²) in [4.78, 5) is 13.9. The number of H-pyrrole nitrogens is 1. The molecular formula is C16H14N4O5S. The van der Waals surface area contributed by atoms with Gasteiger partial charge in [-0.3, -0.25) is 0 Å². The van der Waals surface area contributed by atoms with Crippen molar-refractivity contribution in [2.75, 3.05) is 7.05 Å². The van der Waals surface area contributed by atoms with Crippen LogP contribution in [-0.2, 0) is 10.0 Å². The van der Waals surface area contributed by atoms with E-state index in [4.69, 9.17) is 5.11 Å². The fourth-order valence-electron chi connectivity index (χ4n) is 2.32. The molecule has 0 radical (unpaired) electrons. The Bertz CT molecular complexity index is 1120. The van der Waals surface area contributed by atoms with E-state index < -0.39 is 16.0 Å². The van der Waals surface area contributed by atoms with Crippen molar-refractivity contribution in [2.45, 2.75) is 4.90 Å². The summed E-state index contributed by atoms with van der Waals surface area (Å²) >= 11 is 0. The number of hydrogen-bond donors (Lipinski definition) is 4. The Morgan fingerprint density at radius 2 is 1.81 bits per heavy atom. The van der Waals surface area contributed by atoms with Gasteiger partial charge in [0.2, 0.25) is 15.9 Å². The summed E-state index contributed by atoms with van der Waals surface area (Å²) in [6, 6.07) is 9.97. The lowest BCUT2D eigenvalue weighted by atomic mass is 10.1. The summed E-state index contributed by atoms with van der Waals surface area (Å²) in [5.74, 6) is -1.35. The van der Waals surface area contributed by atoms with Gasteiger partial charge in [0.15, 0.2) is 5.69 Å². The molecule has 0 amide bonds. The molecule has 3 rings (SSSR count). The van der Waals surface area contributed by atoms with E-state index in [9.17, 15) is 18.3 Å². The van der Waals surface area contributed by atoms with Crippen molar-refractivity contribution in [1.29, 1.82) is 0 Å². The first-order chi connectivity index (χ1) is 12.3. The Hall–Kier alpha value is -3.24. The van der Waals surface area contributed by atoms with Crippen molar-refractivity contribution in [3.05, 3.63) is 48.0 Å². The quantitative estimate of drug-likeness (QED) is 0.508. The highest BCUT2D eigenvalue weighted by atomic mass is 32.2. The van der Waals surface area contributed by atoms with Crippen LogP contribution in [0, 0.1) is 0 Å². The van der Waals surface area contributed by atoms with Gasteiger partial charge in [-0.05, 0) is 49.5 Å². The van der Waals surface area contributed by atoms with Crippen molar-refractivity contribution in [2.24, 2.45) is 10.2 Å². The van der Waals surface area contributed by atoms with Gasteiger partial charge >= 0.3 is 5.97 Å².